The third-order valence-electron chi connectivity index (χ3n) is 7.40. The van der Waals surface area contributed by atoms with Gasteiger partial charge in [-0.2, -0.15) is 0 Å². The summed E-state index contributed by atoms with van der Waals surface area (Å²) in [5, 5.41) is 18.1. The molecule has 5 nitrogen and oxygen atoms in total. The number of anilines is 3. The monoisotopic (exact) mass is 493 g/mol. The number of rotatable bonds is 10. The van der Waals surface area contributed by atoms with E-state index in [-0.39, 0.29) is 12.3 Å². The van der Waals surface area contributed by atoms with Gasteiger partial charge in [0.1, 0.15) is 0 Å². The van der Waals surface area contributed by atoms with Crippen molar-refractivity contribution in [3.63, 3.8) is 0 Å². The Hall–Kier alpha value is -2.60. The van der Waals surface area contributed by atoms with Gasteiger partial charge in [-0.15, -0.1) is 11.3 Å². The van der Waals surface area contributed by atoms with Crippen LogP contribution < -0.4 is 10.6 Å². The van der Waals surface area contributed by atoms with Crippen LogP contribution in [0, 0.1) is 18.8 Å². The molecule has 3 N–H and O–H groups in total. The van der Waals surface area contributed by atoms with Gasteiger partial charge < -0.3 is 15.7 Å². The highest BCUT2D eigenvalue weighted by Crippen LogP contribution is 2.37. The summed E-state index contributed by atoms with van der Waals surface area (Å²) in [4.78, 5) is 16.1. The van der Waals surface area contributed by atoms with Crippen molar-refractivity contribution in [3.05, 3.63) is 47.0 Å². The number of fused-ring (bicyclic) bond motifs is 1. The minimum Gasteiger partial charge on any atom is -0.481 e. The average Bonchev–Trinajstić information content (AvgIpc) is 3.21. The van der Waals surface area contributed by atoms with Gasteiger partial charge in [0.2, 0.25) is 0 Å². The second kappa shape index (κ2) is 11.4. The zero-order chi connectivity index (χ0) is 24.9. The summed E-state index contributed by atoms with van der Waals surface area (Å²) in [6, 6.07) is 13.1. The second-order valence-electron chi connectivity index (χ2n) is 10.4. The number of aromatic nitrogens is 1. The number of aliphatic carboxylic acids is 1. The molecule has 1 saturated carbocycles. The first kappa shape index (κ1) is 25.5. The Bertz CT molecular complexity index is 1150. The fraction of sp³-hybridized carbons (Fsp3) is 0.517. The number of thiazole rings is 1. The summed E-state index contributed by atoms with van der Waals surface area (Å²) >= 11 is 1.70. The normalized spacial score (nSPS) is 16.4. The van der Waals surface area contributed by atoms with Crippen LogP contribution in [-0.4, -0.2) is 22.1 Å². The fourth-order valence-electron chi connectivity index (χ4n) is 5.53. The summed E-state index contributed by atoms with van der Waals surface area (Å²) in [6.45, 7) is 8.72. The van der Waals surface area contributed by atoms with Crippen molar-refractivity contribution >= 4 is 44.6 Å². The lowest BCUT2D eigenvalue weighted by Crippen LogP contribution is -2.35. The molecule has 4 rings (SSSR count). The zero-order valence-electron chi connectivity index (χ0n) is 21.4. The van der Waals surface area contributed by atoms with Crippen molar-refractivity contribution < 1.29 is 9.90 Å². The predicted molar refractivity (Wildman–Crippen MR) is 148 cm³/mol. The van der Waals surface area contributed by atoms with Crippen LogP contribution in [-0.2, 0) is 4.79 Å². The maximum Gasteiger partial charge on any atom is 0.303 e. The lowest BCUT2D eigenvalue weighted by molar-refractivity contribution is -0.137. The fourth-order valence-corrected chi connectivity index (χ4v) is 6.39. The summed E-state index contributed by atoms with van der Waals surface area (Å²) in [7, 11) is 0. The summed E-state index contributed by atoms with van der Waals surface area (Å²) < 4.78 is 1.16. The zero-order valence-corrected chi connectivity index (χ0v) is 22.3. The van der Waals surface area contributed by atoms with Gasteiger partial charge in [-0.3, -0.25) is 4.79 Å². The predicted octanol–water partition coefficient (Wildman–Crippen LogP) is 8.33. The molecule has 2 atom stereocenters. The van der Waals surface area contributed by atoms with E-state index in [1.165, 1.54) is 32.1 Å². The Morgan fingerprint density at radius 1 is 1.11 bits per heavy atom. The SMILES string of the molecule is CCC(CC(=O)O)c1ccc(NC(C(C)C)C2CCCCC2)c(Nc2ccc3nc(C)sc3c2)c1. The topological polar surface area (TPSA) is 74.2 Å². The molecule has 0 bridgehead atoms. The van der Waals surface area contributed by atoms with Crippen LogP contribution in [0.2, 0.25) is 0 Å². The molecule has 0 radical (unpaired) electrons. The maximum atomic E-state index is 11.5. The van der Waals surface area contributed by atoms with E-state index in [2.05, 4.69) is 72.8 Å². The van der Waals surface area contributed by atoms with E-state index in [0.29, 0.717) is 17.9 Å². The van der Waals surface area contributed by atoms with E-state index < -0.39 is 5.97 Å². The molecule has 6 heteroatoms. The van der Waals surface area contributed by atoms with Gasteiger partial charge in [0, 0.05) is 11.7 Å². The minimum atomic E-state index is -0.753. The van der Waals surface area contributed by atoms with Gasteiger partial charge in [-0.05, 0) is 79.8 Å². The molecule has 188 valence electrons. The molecular formula is C29H39N3O2S. The quantitative estimate of drug-likeness (QED) is 0.265. The van der Waals surface area contributed by atoms with E-state index in [9.17, 15) is 9.90 Å². The third kappa shape index (κ3) is 6.35. The number of carboxylic acids is 1. The largest absolute Gasteiger partial charge is 0.481 e. The molecule has 2 aromatic carbocycles. The van der Waals surface area contributed by atoms with Crippen molar-refractivity contribution in [3.8, 4) is 0 Å². The number of hydrogen-bond donors (Lipinski definition) is 3. The molecule has 0 aliphatic heterocycles. The first-order valence-electron chi connectivity index (χ1n) is 13.1. The number of nitrogens with one attached hydrogen (secondary N) is 2. The Morgan fingerprint density at radius 3 is 2.57 bits per heavy atom. The molecule has 0 amide bonds. The van der Waals surface area contributed by atoms with Crippen molar-refractivity contribution in [2.45, 2.75) is 84.6 Å². The lowest BCUT2D eigenvalue weighted by Gasteiger charge is -2.35. The van der Waals surface area contributed by atoms with Crippen LogP contribution in [0.5, 0.6) is 0 Å². The Kier molecular flexibility index (Phi) is 8.32. The van der Waals surface area contributed by atoms with Gasteiger partial charge in [0.05, 0.1) is 33.0 Å². The van der Waals surface area contributed by atoms with E-state index in [1.54, 1.807) is 11.3 Å². The first-order valence-corrected chi connectivity index (χ1v) is 13.9. The van der Waals surface area contributed by atoms with Crippen molar-refractivity contribution in [1.29, 1.82) is 0 Å². The van der Waals surface area contributed by atoms with E-state index in [4.69, 9.17) is 0 Å². The molecule has 1 aliphatic rings. The van der Waals surface area contributed by atoms with Gasteiger partial charge in [0.15, 0.2) is 0 Å². The third-order valence-corrected chi connectivity index (χ3v) is 8.33. The van der Waals surface area contributed by atoms with Crippen LogP contribution in [0.15, 0.2) is 36.4 Å². The minimum absolute atomic E-state index is 0.00651. The Balaban J connectivity index is 1.68. The molecule has 1 aromatic heterocycles. The molecule has 35 heavy (non-hydrogen) atoms. The van der Waals surface area contributed by atoms with Crippen molar-refractivity contribution in [1.82, 2.24) is 4.98 Å². The highest BCUT2D eigenvalue weighted by atomic mass is 32.1. The molecule has 3 aromatic rings. The second-order valence-corrected chi connectivity index (χ2v) is 11.6. The standard InChI is InChI=1S/C29H39N3O2S/c1-5-20(16-28(33)34)22-11-13-24(32-29(18(2)3)21-9-7-6-8-10-21)26(15-22)31-23-12-14-25-27(17-23)35-19(4)30-25/h11-15,17-18,20-21,29,31-32H,5-10,16H2,1-4H3,(H,33,34). The molecule has 2 unspecified atom stereocenters. The van der Waals surface area contributed by atoms with Crippen LogP contribution in [0.1, 0.15) is 82.2 Å². The number of nitrogens with zero attached hydrogens (tertiary/aromatic N) is 1. The summed E-state index contributed by atoms with van der Waals surface area (Å²) in [5.41, 5.74) is 5.20. The summed E-state index contributed by atoms with van der Waals surface area (Å²) in [6.07, 6.45) is 7.50. The van der Waals surface area contributed by atoms with Crippen molar-refractivity contribution in [2.75, 3.05) is 10.6 Å². The van der Waals surface area contributed by atoms with Gasteiger partial charge in [0.25, 0.3) is 0 Å². The van der Waals surface area contributed by atoms with Crippen molar-refractivity contribution in [2.24, 2.45) is 11.8 Å². The van der Waals surface area contributed by atoms with Gasteiger partial charge >= 0.3 is 5.97 Å². The highest BCUT2D eigenvalue weighted by molar-refractivity contribution is 7.18. The molecule has 0 saturated heterocycles. The molecule has 1 aliphatic carbocycles. The molecule has 1 heterocycles. The number of aryl methyl sites for hydroxylation is 1. The van der Waals surface area contributed by atoms with E-state index >= 15 is 0 Å². The van der Waals surface area contributed by atoms with Gasteiger partial charge in [-0.25, -0.2) is 4.98 Å². The van der Waals surface area contributed by atoms with Crippen LogP contribution >= 0.6 is 11.3 Å². The number of carboxylic acid groups (broad SMARTS) is 1. The Morgan fingerprint density at radius 2 is 1.89 bits per heavy atom. The number of carbonyl (C=O) groups is 1. The first-order chi connectivity index (χ1) is 16.8. The average molecular weight is 494 g/mol. The molecule has 0 spiro atoms. The number of hydrogen-bond acceptors (Lipinski definition) is 5. The lowest BCUT2D eigenvalue weighted by atomic mass is 9.79. The number of benzene rings is 2. The van der Waals surface area contributed by atoms with Crippen LogP contribution in [0.4, 0.5) is 17.1 Å². The molecule has 1 fully saturated rings. The highest BCUT2D eigenvalue weighted by Gasteiger charge is 2.27. The van der Waals surface area contributed by atoms with E-state index in [1.807, 2.05) is 6.92 Å². The maximum absolute atomic E-state index is 11.5. The molecular weight excluding hydrogens is 454 g/mol. The van der Waals surface area contributed by atoms with Gasteiger partial charge in [-0.1, -0.05) is 46.1 Å². The summed E-state index contributed by atoms with van der Waals surface area (Å²) in [5.74, 6) is 0.449. The smallest absolute Gasteiger partial charge is 0.303 e. The van der Waals surface area contributed by atoms with Crippen LogP contribution in [0.25, 0.3) is 10.2 Å². The Labute approximate surface area is 213 Å². The van der Waals surface area contributed by atoms with Crippen LogP contribution in [0.3, 0.4) is 0 Å². The van der Waals surface area contributed by atoms with E-state index in [0.717, 1.165) is 44.3 Å².